The first-order valence-corrected chi connectivity index (χ1v) is 4.51. The van der Waals surface area contributed by atoms with Crippen molar-refractivity contribution >= 4 is 6.09 Å². The Balaban J connectivity index is 2.49. The van der Waals surface area contributed by atoms with Crippen molar-refractivity contribution in [3.63, 3.8) is 0 Å². The van der Waals surface area contributed by atoms with Gasteiger partial charge < -0.3 is 9.64 Å². The summed E-state index contributed by atoms with van der Waals surface area (Å²) in [5.41, 5.74) is 0.989. The molecule has 1 aromatic rings. The normalized spacial score (nSPS) is 9.57. The Morgan fingerprint density at radius 1 is 1.64 bits per heavy atom. The highest BCUT2D eigenvalue weighted by Crippen LogP contribution is 2.01. The van der Waals surface area contributed by atoms with E-state index in [2.05, 4.69) is 4.98 Å². The molecule has 1 rings (SSSR count). The second-order valence-electron chi connectivity index (χ2n) is 2.92. The molecule has 14 heavy (non-hydrogen) atoms. The van der Waals surface area contributed by atoms with Crippen LogP contribution in [0.4, 0.5) is 4.79 Å². The summed E-state index contributed by atoms with van der Waals surface area (Å²) >= 11 is 0. The van der Waals surface area contributed by atoms with Gasteiger partial charge in [0.05, 0.1) is 13.2 Å². The number of carbonyl (C=O) groups is 1. The van der Waals surface area contributed by atoms with Crippen LogP contribution in [0.5, 0.6) is 0 Å². The summed E-state index contributed by atoms with van der Waals surface area (Å²) in [6.45, 7) is 2.71. The minimum atomic E-state index is -0.309. The van der Waals surface area contributed by atoms with E-state index in [4.69, 9.17) is 4.74 Å². The summed E-state index contributed by atoms with van der Waals surface area (Å²) in [5, 5.41) is 0. The van der Waals surface area contributed by atoms with Gasteiger partial charge in [0.2, 0.25) is 0 Å². The number of hydrogen-bond acceptors (Lipinski definition) is 3. The third kappa shape index (κ3) is 3.05. The van der Waals surface area contributed by atoms with E-state index < -0.39 is 0 Å². The number of pyridine rings is 1. The van der Waals surface area contributed by atoms with E-state index in [9.17, 15) is 4.79 Å². The lowest BCUT2D eigenvalue weighted by Crippen LogP contribution is -2.26. The van der Waals surface area contributed by atoms with Gasteiger partial charge in [-0.25, -0.2) is 4.79 Å². The summed E-state index contributed by atoms with van der Waals surface area (Å²) in [4.78, 5) is 16.7. The van der Waals surface area contributed by atoms with Gasteiger partial charge >= 0.3 is 6.09 Å². The largest absolute Gasteiger partial charge is 0.450 e. The van der Waals surface area contributed by atoms with Crippen LogP contribution >= 0.6 is 0 Å². The minimum absolute atomic E-state index is 0.309. The van der Waals surface area contributed by atoms with E-state index in [0.717, 1.165) is 5.56 Å². The molecule has 0 radical (unpaired) electrons. The monoisotopic (exact) mass is 194 g/mol. The molecule has 0 aliphatic rings. The third-order valence-corrected chi connectivity index (χ3v) is 1.72. The lowest BCUT2D eigenvalue weighted by Gasteiger charge is -2.15. The summed E-state index contributed by atoms with van der Waals surface area (Å²) in [5.74, 6) is 0. The van der Waals surface area contributed by atoms with Gasteiger partial charge in [-0.3, -0.25) is 4.98 Å². The first-order chi connectivity index (χ1) is 6.74. The number of aromatic nitrogens is 1. The molecule has 0 fully saturated rings. The zero-order valence-electron chi connectivity index (χ0n) is 8.43. The Labute approximate surface area is 83.5 Å². The van der Waals surface area contributed by atoms with Crippen LogP contribution in [-0.2, 0) is 11.3 Å². The van der Waals surface area contributed by atoms with Crippen LogP contribution in [0.3, 0.4) is 0 Å². The number of carbonyl (C=O) groups excluding carboxylic acids is 1. The van der Waals surface area contributed by atoms with E-state index in [1.54, 1.807) is 26.4 Å². The fourth-order valence-electron chi connectivity index (χ4n) is 1.06. The number of nitrogens with zero attached hydrogens (tertiary/aromatic N) is 2. The highest BCUT2D eigenvalue weighted by Gasteiger charge is 2.08. The lowest BCUT2D eigenvalue weighted by molar-refractivity contribution is 0.114. The quantitative estimate of drug-likeness (QED) is 0.735. The minimum Gasteiger partial charge on any atom is -0.450 e. The van der Waals surface area contributed by atoms with Crippen molar-refractivity contribution in [2.45, 2.75) is 13.5 Å². The molecule has 0 saturated heterocycles. The van der Waals surface area contributed by atoms with Gasteiger partial charge in [0, 0.05) is 19.4 Å². The molecular weight excluding hydrogens is 180 g/mol. The highest BCUT2D eigenvalue weighted by atomic mass is 16.5. The summed E-state index contributed by atoms with van der Waals surface area (Å²) in [6.07, 6.45) is 3.13. The number of amides is 1. The van der Waals surface area contributed by atoms with Gasteiger partial charge in [0.1, 0.15) is 0 Å². The van der Waals surface area contributed by atoms with Gasteiger partial charge in [0.25, 0.3) is 0 Å². The van der Waals surface area contributed by atoms with E-state index in [1.165, 1.54) is 4.90 Å². The van der Waals surface area contributed by atoms with Crippen LogP contribution in [0, 0.1) is 0 Å². The maximum absolute atomic E-state index is 11.2. The van der Waals surface area contributed by atoms with Crippen molar-refractivity contribution in [2.75, 3.05) is 13.7 Å². The second-order valence-corrected chi connectivity index (χ2v) is 2.92. The lowest BCUT2D eigenvalue weighted by atomic mass is 10.3. The van der Waals surface area contributed by atoms with Crippen molar-refractivity contribution < 1.29 is 9.53 Å². The number of hydrogen-bond donors (Lipinski definition) is 0. The van der Waals surface area contributed by atoms with Gasteiger partial charge in [-0.1, -0.05) is 6.07 Å². The molecule has 1 aromatic heterocycles. The topological polar surface area (TPSA) is 42.4 Å². The zero-order valence-corrected chi connectivity index (χ0v) is 8.43. The molecule has 0 N–H and O–H groups in total. The first kappa shape index (κ1) is 10.5. The molecule has 0 atom stereocenters. The molecule has 76 valence electrons. The van der Waals surface area contributed by atoms with Crippen molar-refractivity contribution in [2.24, 2.45) is 0 Å². The predicted octanol–water partition coefficient (Wildman–Crippen LogP) is 1.67. The maximum atomic E-state index is 11.2. The first-order valence-electron chi connectivity index (χ1n) is 4.51. The van der Waals surface area contributed by atoms with Crippen LogP contribution in [0.15, 0.2) is 24.5 Å². The molecule has 4 heteroatoms. The molecule has 0 aromatic carbocycles. The van der Waals surface area contributed by atoms with Crippen molar-refractivity contribution in [3.8, 4) is 0 Å². The molecule has 0 unspecified atom stereocenters. The summed E-state index contributed by atoms with van der Waals surface area (Å²) in [7, 11) is 1.70. The average molecular weight is 194 g/mol. The van der Waals surface area contributed by atoms with Crippen LogP contribution in [0.1, 0.15) is 12.5 Å². The SMILES string of the molecule is CCOC(=O)N(C)Cc1cccnc1. The van der Waals surface area contributed by atoms with Crippen LogP contribution < -0.4 is 0 Å². The molecule has 0 bridgehead atoms. The Kier molecular flexibility index (Phi) is 3.91. The standard InChI is InChI=1S/C10H14N2O2/c1-3-14-10(13)12(2)8-9-5-4-6-11-7-9/h4-7H,3,8H2,1-2H3. The second kappa shape index (κ2) is 5.21. The van der Waals surface area contributed by atoms with Gasteiger partial charge in [-0.05, 0) is 18.6 Å². The zero-order chi connectivity index (χ0) is 10.4. The molecule has 1 amide bonds. The van der Waals surface area contributed by atoms with Crippen molar-refractivity contribution in [1.82, 2.24) is 9.88 Å². The predicted molar refractivity (Wildman–Crippen MR) is 52.7 cm³/mol. The van der Waals surface area contributed by atoms with E-state index in [0.29, 0.717) is 13.2 Å². The third-order valence-electron chi connectivity index (χ3n) is 1.72. The molecule has 0 saturated carbocycles. The number of ether oxygens (including phenoxy) is 1. The van der Waals surface area contributed by atoms with E-state index in [-0.39, 0.29) is 6.09 Å². The van der Waals surface area contributed by atoms with Gasteiger partial charge in [-0.15, -0.1) is 0 Å². The summed E-state index contributed by atoms with van der Waals surface area (Å²) < 4.78 is 4.84. The van der Waals surface area contributed by atoms with E-state index in [1.807, 2.05) is 12.1 Å². The molecular formula is C10H14N2O2. The Morgan fingerprint density at radius 3 is 3.00 bits per heavy atom. The fraction of sp³-hybridized carbons (Fsp3) is 0.400. The van der Waals surface area contributed by atoms with Crippen molar-refractivity contribution in [3.05, 3.63) is 30.1 Å². The van der Waals surface area contributed by atoms with Crippen LogP contribution in [0.25, 0.3) is 0 Å². The summed E-state index contributed by atoms with van der Waals surface area (Å²) in [6, 6.07) is 3.76. The average Bonchev–Trinajstić information content (AvgIpc) is 2.19. The Bertz CT molecular complexity index is 287. The van der Waals surface area contributed by atoms with Gasteiger partial charge in [-0.2, -0.15) is 0 Å². The molecule has 0 spiro atoms. The van der Waals surface area contributed by atoms with Crippen molar-refractivity contribution in [1.29, 1.82) is 0 Å². The fourth-order valence-corrected chi connectivity index (χ4v) is 1.06. The van der Waals surface area contributed by atoms with Crippen LogP contribution in [0.2, 0.25) is 0 Å². The maximum Gasteiger partial charge on any atom is 0.409 e. The Morgan fingerprint density at radius 2 is 2.43 bits per heavy atom. The molecule has 4 nitrogen and oxygen atoms in total. The van der Waals surface area contributed by atoms with Crippen LogP contribution in [-0.4, -0.2) is 29.6 Å². The highest BCUT2D eigenvalue weighted by molar-refractivity contribution is 5.67. The van der Waals surface area contributed by atoms with Gasteiger partial charge in [0.15, 0.2) is 0 Å². The molecule has 0 aliphatic carbocycles. The molecule has 0 aliphatic heterocycles. The molecule has 1 heterocycles. The van der Waals surface area contributed by atoms with E-state index >= 15 is 0 Å². The Hall–Kier alpha value is -1.58. The smallest absolute Gasteiger partial charge is 0.409 e. The number of rotatable bonds is 3.